The lowest BCUT2D eigenvalue weighted by Gasteiger charge is -2.19. The third-order valence-electron chi connectivity index (χ3n) is 5.01. The van der Waals surface area contributed by atoms with Crippen LogP contribution < -0.4 is 9.46 Å². The molecule has 0 bridgehead atoms. The van der Waals surface area contributed by atoms with Gasteiger partial charge in [-0.15, -0.1) is 0 Å². The molecule has 3 N–H and O–H groups in total. The molecule has 0 spiro atoms. The summed E-state index contributed by atoms with van der Waals surface area (Å²) in [7, 11) is -7.29. The monoisotopic (exact) mass is 565 g/mol. The number of sulfone groups is 1. The zero-order valence-electron chi connectivity index (χ0n) is 20.1. The van der Waals surface area contributed by atoms with Gasteiger partial charge in [0, 0.05) is 30.6 Å². The lowest BCUT2D eigenvalue weighted by atomic mass is 9.98. The van der Waals surface area contributed by atoms with Crippen LogP contribution >= 0.6 is 0 Å². The Morgan fingerprint density at radius 2 is 1.92 bits per heavy atom. The van der Waals surface area contributed by atoms with Crippen molar-refractivity contribution in [2.75, 3.05) is 24.9 Å². The van der Waals surface area contributed by atoms with Gasteiger partial charge in [-0.1, -0.05) is 6.92 Å². The van der Waals surface area contributed by atoms with E-state index in [0.29, 0.717) is 0 Å². The average Bonchev–Trinajstić information content (AvgIpc) is 3.20. The van der Waals surface area contributed by atoms with Crippen LogP contribution in [0.1, 0.15) is 46.4 Å². The van der Waals surface area contributed by atoms with Gasteiger partial charge in [0.05, 0.1) is 30.1 Å². The Balaban J connectivity index is 2.48. The molecule has 0 aliphatic heterocycles. The zero-order valence-corrected chi connectivity index (χ0v) is 21.7. The number of hydrogen-bond donors (Lipinski definition) is 3. The Morgan fingerprint density at radius 3 is 2.43 bits per heavy atom. The van der Waals surface area contributed by atoms with E-state index in [-0.39, 0.29) is 47.9 Å². The maximum Gasteiger partial charge on any atom is 0.418 e. The number of nitrogens with zero attached hydrogens (tertiary/aromatic N) is 2. The fourth-order valence-corrected chi connectivity index (χ4v) is 4.51. The molecule has 1 unspecified atom stereocenters. The van der Waals surface area contributed by atoms with Gasteiger partial charge in [-0.2, -0.15) is 13.2 Å². The van der Waals surface area contributed by atoms with E-state index in [9.17, 15) is 34.8 Å². The first-order valence-corrected chi connectivity index (χ1v) is 14.6. The van der Waals surface area contributed by atoms with Crippen LogP contribution in [-0.4, -0.2) is 69.2 Å². The zero-order chi connectivity index (χ0) is 28.2. The van der Waals surface area contributed by atoms with E-state index in [0.717, 1.165) is 47.8 Å². The van der Waals surface area contributed by atoms with Gasteiger partial charge in [-0.3, -0.25) is 10.2 Å². The number of rotatable bonds is 11. The van der Waals surface area contributed by atoms with Gasteiger partial charge in [0.25, 0.3) is 5.91 Å². The lowest BCUT2D eigenvalue weighted by Crippen LogP contribution is -2.30. The van der Waals surface area contributed by atoms with E-state index in [1.165, 1.54) is 6.92 Å². The highest BCUT2D eigenvalue weighted by Gasteiger charge is 2.36. The third-order valence-corrected chi connectivity index (χ3v) is 6.59. The number of halogens is 3. The third kappa shape index (κ3) is 8.11. The molecule has 0 fully saturated rings. The predicted octanol–water partition coefficient (Wildman–Crippen LogP) is 2.23. The fraction of sp³-hybridized carbons (Fsp3) is 0.429. The normalized spacial score (nSPS) is 13.1. The van der Waals surface area contributed by atoms with Gasteiger partial charge in [0.15, 0.2) is 0 Å². The largest absolute Gasteiger partial charge is 0.477 e. The second-order valence-corrected chi connectivity index (χ2v) is 12.1. The second kappa shape index (κ2) is 11.4. The number of hydrogen-bond acceptors (Lipinski definition) is 9. The fourth-order valence-electron chi connectivity index (χ4n) is 3.42. The first-order valence-electron chi connectivity index (χ1n) is 10.7. The number of carbonyl (C=O) groups is 1. The summed E-state index contributed by atoms with van der Waals surface area (Å²) in [6, 6.07) is 1.94. The standard InChI is InChI=1S/C21H26F3N5O6S2/c1-4-17-16(21(22,23)24)6-7-29(17)18(26)15(11-25)13-10-14(19(30)28-37(3,33)34)20(27-12-13)35-8-5-9-36(2,31)32/h6-7,10-12,15,25-26H,4-5,8-9H2,1-3H3,(H,28,30). The number of alkyl halides is 3. The van der Waals surface area contributed by atoms with Gasteiger partial charge >= 0.3 is 6.18 Å². The summed E-state index contributed by atoms with van der Waals surface area (Å²) in [5, 5.41) is 16.3. The quantitative estimate of drug-likeness (QED) is 0.213. The number of carbonyl (C=O) groups excluding carboxylic acids is 1. The molecule has 1 atom stereocenters. The van der Waals surface area contributed by atoms with E-state index >= 15 is 0 Å². The number of ether oxygens (including phenoxy) is 1. The highest BCUT2D eigenvalue weighted by Crippen LogP contribution is 2.34. The molecule has 1 amide bonds. The van der Waals surface area contributed by atoms with Gasteiger partial charge in [-0.05, 0) is 30.5 Å². The van der Waals surface area contributed by atoms with Crippen molar-refractivity contribution in [1.29, 1.82) is 10.8 Å². The number of sulfonamides is 1. The van der Waals surface area contributed by atoms with Crippen LogP contribution in [0.25, 0.3) is 0 Å². The van der Waals surface area contributed by atoms with Crippen LogP contribution in [0.5, 0.6) is 5.88 Å². The predicted molar refractivity (Wildman–Crippen MR) is 130 cm³/mol. The smallest absolute Gasteiger partial charge is 0.418 e. The summed E-state index contributed by atoms with van der Waals surface area (Å²) in [4.78, 5) is 16.6. The Hall–Kier alpha value is -3.27. The molecule has 204 valence electrons. The Kier molecular flexibility index (Phi) is 9.24. The van der Waals surface area contributed by atoms with E-state index in [1.54, 1.807) is 4.72 Å². The Morgan fingerprint density at radius 1 is 1.27 bits per heavy atom. The van der Waals surface area contributed by atoms with Crippen molar-refractivity contribution >= 4 is 37.8 Å². The maximum atomic E-state index is 13.4. The minimum Gasteiger partial charge on any atom is -0.477 e. The molecule has 2 aromatic heterocycles. The highest BCUT2D eigenvalue weighted by molar-refractivity contribution is 7.90. The number of amides is 1. The topological polar surface area (TPSA) is 172 Å². The van der Waals surface area contributed by atoms with Gasteiger partial charge in [-0.25, -0.2) is 26.5 Å². The minimum atomic E-state index is -4.65. The summed E-state index contributed by atoms with van der Waals surface area (Å²) in [6.45, 7) is 1.31. The van der Waals surface area contributed by atoms with Crippen molar-refractivity contribution < 1.29 is 39.5 Å². The van der Waals surface area contributed by atoms with E-state index < -0.39 is 49.3 Å². The highest BCUT2D eigenvalue weighted by atomic mass is 32.2. The van der Waals surface area contributed by atoms with Crippen molar-refractivity contribution in [1.82, 2.24) is 14.3 Å². The van der Waals surface area contributed by atoms with Crippen molar-refractivity contribution in [3.63, 3.8) is 0 Å². The first kappa shape index (κ1) is 30.0. The average molecular weight is 566 g/mol. The molecule has 0 saturated heterocycles. The molecule has 0 radical (unpaired) electrons. The molecule has 2 heterocycles. The first-order chi connectivity index (χ1) is 17.0. The lowest BCUT2D eigenvalue weighted by molar-refractivity contribution is -0.138. The molecule has 0 aliphatic rings. The molecular weight excluding hydrogens is 539 g/mol. The molecule has 0 aliphatic carbocycles. The van der Waals surface area contributed by atoms with Crippen molar-refractivity contribution in [2.24, 2.45) is 0 Å². The summed E-state index contributed by atoms with van der Waals surface area (Å²) >= 11 is 0. The number of pyridine rings is 1. The van der Waals surface area contributed by atoms with Crippen LogP contribution in [0.15, 0.2) is 24.5 Å². The van der Waals surface area contributed by atoms with Gasteiger partial charge in [0.2, 0.25) is 15.9 Å². The number of aromatic nitrogens is 2. The molecule has 11 nitrogen and oxygen atoms in total. The van der Waals surface area contributed by atoms with E-state index in [2.05, 4.69) is 4.98 Å². The molecule has 0 aromatic carbocycles. The van der Waals surface area contributed by atoms with Crippen molar-refractivity contribution in [2.45, 2.75) is 31.9 Å². The van der Waals surface area contributed by atoms with Crippen LogP contribution in [0.4, 0.5) is 13.2 Å². The van der Waals surface area contributed by atoms with Crippen LogP contribution in [0.3, 0.4) is 0 Å². The number of nitrogens with one attached hydrogen (secondary N) is 3. The van der Waals surface area contributed by atoms with Crippen LogP contribution in [-0.2, 0) is 32.5 Å². The van der Waals surface area contributed by atoms with Crippen LogP contribution in [0.2, 0.25) is 0 Å². The van der Waals surface area contributed by atoms with Gasteiger partial charge < -0.3 is 14.7 Å². The van der Waals surface area contributed by atoms with Crippen LogP contribution in [0, 0.1) is 10.8 Å². The summed E-state index contributed by atoms with van der Waals surface area (Å²) in [5.74, 6) is -3.36. The van der Waals surface area contributed by atoms with E-state index in [1.807, 2.05) is 0 Å². The second-order valence-electron chi connectivity index (χ2n) is 8.08. The summed E-state index contributed by atoms with van der Waals surface area (Å²) in [6.07, 6.45) is 0.0824. The molecular formula is C21H26F3N5O6S2. The SMILES string of the molecule is CCc1c(C(F)(F)F)ccn1C(=N)C(C=N)c1cnc(OCCCS(C)(=O)=O)c(C(=O)NS(C)(=O)=O)c1. The molecule has 16 heteroatoms. The summed E-state index contributed by atoms with van der Waals surface area (Å²) in [5.41, 5.74) is -1.47. The molecule has 2 rings (SSSR count). The van der Waals surface area contributed by atoms with Crippen molar-refractivity contribution in [3.05, 3.63) is 46.9 Å². The van der Waals surface area contributed by atoms with Gasteiger partial charge in [0.1, 0.15) is 21.2 Å². The molecule has 0 saturated carbocycles. The van der Waals surface area contributed by atoms with Crippen molar-refractivity contribution in [3.8, 4) is 5.88 Å². The van der Waals surface area contributed by atoms with E-state index in [4.69, 9.17) is 15.6 Å². The summed E-state index contributed by atoms with van der Waals surface area (Å²) < 4.78 is 94.0. The molecule has 2 aromatic rings. The molecule has 37 heavy (non-hydrogen) atoms. The Labute approximate surface area is 212 Å². The Bertz CT molecular complexity index is 1400. The maximum absolute atomic E-state index is 13.4. The minimum absolute atomic E-state index is 0.0337.